The zero-order chi connectivity index (χ0) is 11.0. The molecule has 0 aromatic rings. The first-order chi connectivity index (χ1) is 6.67. The molecular formula is C9H20ClNO4. The van der Waals surface area contributed by atoms with Crippen molar-refractivity contribution in [2.45, 2.75) is 33.1 Å². The van der Waals surface area contributed by atoms with E-state index in [1.165, 1.54) is 0 Å². The van der Waals surface area contributed by atoms with Gasteiger partial charge in [0.2, 0.25) is 12.3 Å². The first kappa shape index (κ1) is 17.0. The van der Waals surface area contributed by atoms with Gasteiger partial charge in [-0.25, -0.2) is 4.79 Å². The summed E-state index contributed by atoms with van der Waals surface area (Å²) in [6.45, 7) is 6.73. The third-order valence-corrected chi connectivity index (χ3v) is 1.58. The number of hydrogen-bond acceptors (Lipinski definition) is 4. The molecule has 0 rings (SSSR count). The van der Waals surface area contributed by atoms with Gasteiger partial charge in [0, 0.05) is 13.2 Å². The number of esters is 1. The van der Waals surface area contributed by atoms with Crippen molar-refractivity contribution in [2.75, 3.05) is 19.8 Å². The average Bonchev–Trinajstić information content (AvgIpc) is 2.17. The molecule has 0 aromatic heterocycles. The maximum atomic E-state index is 11.3. The van der Waals surface area contributed by atoms with Crippen LogP contribution in [0.25, 0.3) is 0 Å². The van der Waals surface area contributed by atoms with E-state index in [-0.39, 0.29) is 18.4 Å². The van der Waals surface area contributed by atoms with E-state index in [0.717, 1.165) is 0 Å². The molecule has 0 saturated carbocycles. The second kappa shape index (κ2) is 10.2. The van der Waals surface area contributed by atoms with Gasteiger partial charge in [-0.3, -0.25) is 0 Å². The van der Waals surface area contributed by atoms with Crippen molar-refractivity contribution < 1.29 is 37.1 Å². The minimum Gasteiger partial charge on any atom is -1.00 e. The van der Waals surface area contributed by atoms with Gasteiger partial charge >= 0.3 is 5.97 Å². The van der Waals surface area contributed by atoms with Gasteiger partial charge in [-0.05, 0) is 20.8 Å². The fourth-order valence-electron chi connectivity index (χ4n) is 0.969. The molecule has 0 amide bonds. The van der Waals surface area contributed by atoms with Gasteiger partial charge in [0.25, 0.3) is 0 Å². The highest BCUT2D eigenvalue weighted by atomic mass is 35.5. The molecule has 3 N–H and O–H groups in total. The summed E-state index contributed by atoms with van der Waals surface area (Å²) in [5, 5.41) is 0. The monoisotopic (exact) mass is 241 g/mol. The molecule has 5 nitrogen and oxygen atoms in total. The van der Waals surface area contributed by atoms with Crippen LogP contribution >= 0.6 is 0 Å². The van der Waals surface area contributed by atoms with E-state index >= 15 is 0 Å². The first-order valence-electron chi connectivity index (χ1n) is 4.90. The van der Waals surface area contributed by atoms with Gasteiger partial charge in [0.15, 0.2) is 0 Å². The fraction of sp³-hybridized carbons (Fsp3) is 0.889. The molecule has 0 bridgehead atoms. The highest BCUT2D eigenvalue weighted by molar-refractivity contribution is 5.74. The van der Waals surface area contributed by atoms with Crippen molar-refractivity contribution >= 4 is 5.97 Å². The fourth-order valence-corrected chi connectivity index (χ4v) is 0.969. The molecule has 0 unspecified atom stereocenters. The highest BCUT2D eigenvalue weighted by Gasteiger charge is 2.30. The zero-order valence-electron chi connectivity index (χ0n) is 9.49. The third-order valence-electron chi connectivity index (χ3n) is 1.58. The molecule has 0 aromatic carbocycles. The van der Waals surface area contributed by atoms with E-state index in [1.54, 1.807) is 6.92 Å². The summed E-state index contributed by atoms with van der Waals surface area (Å²) in [4.78, 5) is 11.3. The Morgan fingerprint density at radius 2 is 1.60 bits per heavy atom. The van der Waals surface area contributed by atoms with Gasteiger partial charge < -0.3 is 32.4 Å². The van der Waals surface area contributed by atoms with Crippen LogP contribution in [0.15, 0.2) is 0 Å². The zero-order valence-corrected chi connectivity index (χ0v) is 10.3. The predicted molar refractivity (Wildman–Crippen MR) is 50.3 cm³/mol. The Morgan fingerprint density at radius 1 is 1.13 bits per heavy atom. The summed E-state index contributed by atoms with van der Waals surface area (Å²) in [5.41, 5.74) is 3.67. The maximum absolute atomic E-state index is 11.3. The molecule has 0 aliphatic rings. The average molecular weight is 242 g/mol. The molecule has 0 saturated heterocycles. The van der Waals surface area contributed by atoms with Crippen molar-refractivity contribution in [3.63, 3.8) is 0 Å². The molecule has 0 spiro atoms. The van der Waals surface area contributed by atoms with Crippen molar-refractivity contribution in [1.29, 1.82) is 0 Å². The van der Waals surface area contributed by atoms with Gasteiger partial charge in [0.05, 0.1) is 6.61 Å². The SMILES string of the molecule is CCOC(=O)[C@H]([NH3+])C(OCC)OCC.[Cl-]. The number of quaternary nitrogens is 1. The Kier molecular flexibility index (Phi) is 11.6. The Bertz CT molecular complexity index is 162. The lowest BCUT2D eigenvalue weighted by Gasteiger charge is -2.19. The van der Waals surface area contributed by atoms with Crippen molar-refractivity contribution in [3.8, 4) is 0 Å². The standard InChI is InChI=1S/C9H19NO4.ClH/c1-4-12-8(11)7(10)9(13-5-2)14-6-3;/h7,9H,4-6,10H2,1-3H3;1H/t7-;/m0./s1. The lowest BCUT2D eigenvalue weighted by Crippen LogP contribution is -3.00. The summed E-state index contributed by atoms with van der Waals surface area (Å²) in [6, 6.07) is -0.630. The van der Waals surface area contributed by atoms with E-state index < -0.39 is 12.3 Å². The van der Waals surface area contributed by atoms with Crippen LogP contribution in [0.3, 0.4) is 0 Å². The Hall–Kier alpha value is -0.360. The van der Waals surface area contributed by atoms with Crippen LogP contribution in [-0.2, 0) is 19.0 Å². The molecule has 0 aliphatic carbocycles. The molecule has 0 heterocycles. The summed E-state index contributed by atoms with van der Waals surface area (Å²) < 4.78 is 15.3. The number of rotatable bonds is 7. The summed E-state index contributed by atoms with van der Waals surface area (Å²) >= 11 is 0. The maximum Gasteiger partial charge on any atom is 0.370 e. The Labute approximate surface area is 96.7 Å². The summed E-state index contributed by atoms with van der Waals surface area (Å²) in [7, 11) is 0. The number of hydrogen-bond donors (Lipinski definition) is 1. The van der Waals surface area contributed by atoms with Crippen molar-refractivity contribution in [1.82, 2.24) is 0 Å². The van der Waals surface area contributed by atoms with Crippen molar-refractivity contribution in [3.05, 3.63) is 0 Å². The van der Waals surface area contributed by atoms with Crippen LogP contribution in [0.1, 0.15) is 20.8 Å². The quantitative estimate of drug-likeness (QED) is 0.372. The molecule has 92 valence electrons. The smallest absolute Gasteiger partial charge is 0.370 e. The van der Waals surface area contributed by atoms with Gasteiger partial charge in [-0.1, -0.05) is 0 Å². The molecule has 0 fully saturated rings. The van der Waals surface area contributed by atoms with E-state index in [1.807, 2.05) is 13.8 Å². The Morgan fingerprint density at radius 3 is 1.93 bits per heavy atom. The highest BCUT2D eigenvalue weighted by Crippen LogP contribution is 2.00. The van der Waals surface area contributed by atoms with Crippen LogP contribution in [0.2, 0.25) is 0 Å². The second-order valence-electron chi connectivity index (χ2n) is 2.64. The minimum atomic E-state index is -0.630. The number of carbonyl (C=O) groups is 1. The van der Waals surface area contributed by atoms with Crippen LogP contribution in [0.4, 0.5) is 0 Å². The van der Waals surface area contributed by atoms with E-state index in [0.29, 0.717) is 19.8 Å². The number of ether oxygens (including phenoxy) is 3. The predicted octanol–water partition coefficient (Wildman–Crippen LogP) is -3.44. The van der Waals surface area contributed by atoms with Gasteiger partial charge in [0.1, 0.15) is 0 Å². The van der Waals surface area contributed by atoms with E-state index in [9.17, 15) is 4.79 Å². The molecule has 0 radical (unpaired) electrons. The molecular weight excluding hydrogens is 222 g/mol. The normalized spacial score (nSPS) is 12.1. The summed E-state index contributed by atoms with van der Waals surface area (Å²) in [6.07, 6.45) is -0.607. The van der Waals surface area contributed by atoms with Crippen LogP contribution in [0, 0.1) is 0 Å². The molecule has 0 aliphatic heterocycles. The molecule has 6 heteroatoms. The Balaban J connectivity index is 0. The van der Waals surface area contributed by atoms with E-state index in [4.69, 9.17) is 14.2 Å². The van der Waals surface area contributed by atoms with Gasteiger partial charge in [-0.2, -0.15) is 0 Å². The third kappa shape index (κ3) is 6.67. The molecule has 15 heavy (non-hydrogen) atoms. The summed E-state index contributed by atoms with van der Waals surface area (Å²) in [5.74, 6) is -0.389. The first-order valence-corrected chi connectivity index (χ1v) is 4.90. The lowest BCUT2D eigenvalue weighted by molar-refractivity contribution is -0.449. The molecule has 1 atom stereocenters. The van der Waals surface area contributed by atoms with Crippen LogP contribution in [-0.4, -0.2) is 38.1 Å². The van der Waals surface area contributed by atoms with Crippen LogP contribution < -0.4 is 18.1 Å². The van der Waals surface area contributed by atoms with Crippen molar-refractivity contribution in [2.24, 2.45) is 0 Å². The number of carbonyl (C=O) groups excluding carboxylic acids is 1. The van der Waals surface area contributed by atoms with Gasteiger partial charge in [-0.15, -0.1) is 0 Å². The number of halogens is 1. The van der Waals surface area contributed by atoms with Crippen LogP contribution in [0.5, 0.6) is 0 Å². The largest absolute Gasteiger partial charge is 1.00 e. The minimum absolute atomic E-state index is 0. The van der Waals surface area contributed by atoms with E-state index in [2.05, 4.69) is 5.73 Å². The topological polar surface area (TPSA) is 72.4 Å². The second-order valence-corrected chi connectivity index (χ2v) is 2.64. The lowest BCUT2D eigenvalue weighted by atomic mass is 10.3.